The maximum atomic E-state index is 10.8. The summed E-state index contributed by atoms with van der Waals surface area (Å²) in [5.74, 6) is 1.13. The molecule has 4 nitrogen and oxygen atoms in total. The van der Waals surface area contributed by atoms with Crippen LogP contribution in [0.15, 0.2) is 18.2 Å². The van der Waals surface area contributed by atoms with Gasteiger partial charge in [-0.2, -0.15) is 0 Å². The van der Waals surface area contributed by atoms with Gasteiger partial charge < -0.3 is 20.1 Å². The van der Waals surface area contributed by atoms with Crippen LogP contribution in [0.25, 0.3) is 0 Å². The van der Waals surface area contributed by atoms with Crippen LogP contribution >= 0.6 is 0 Å². The van der Waals surface area contributed by atoms with E-state index in [4.69, 9.17) is 4.74 Å². The molecule has 1 heterocycles. The van der Waals surface area contributed by atoms with Crippen molar-refractivity contribution in [2.45, 2.75) is 46.1 Å². The summed E-state index contributed by atoms with van der Waals surface area (Å²) in [7, 11) is 0. The lowest BCUT2D eigenvalue weighted by Gasteiger charge is -2.32. The van der Waals surface area contributed by atoms with Crippen LogP contribution in [-0.2, 0) is 5.41 Å². The lowest BCUT2D eigenvalue weighted by Crippen LogP contribution is -2.45. The van der Waals surface area contributed by atoms with Gasteiger partial charge in [-0.05, 0) is 41.5 Å². The molecule has 1 aliphatic rings. The van der Waals surface area contributed by atoms with E-state index in [2.05, 4.69) is 44.0 Å². The molecule has 0 saturated carbocycles. The third kappa shape index (κ3) is 4.95. The predicted molar refractivity (Wildman–Crippen MR) is 99.7 cm³/mol. The molecule has 4 heteroatoms. The Bertz CT molecular complexity index is 519. The fourth-order valence-corrected chi connectivity index (χ4v) is 3.33. The molecule has 1 aromatic carbocycles. The molecule has 1 saturated heterocycles. The van der Waals surface area contributed by atoms with E-state index in [0.717, 1.165) is 49.6 Å². The first-order valence-corrected chi connectivity index (χ1v) is 9.21. The molecule has 24 heavy (non-hydrogen) atoms. The smallest absolute Gasteiger partial charge is 0.123 e. The van der Waals surface area contributed by atoms with Gasteiger partial charge in [0, 0.05) is 32.7 Å². The van der Waals surface area contributed by atoms with Gasteiger partial charge in [-0.15, -0.1) is 0 Å². The van der Waals surface area contributed by atoms with Gasteiger partial charge in [0.2, 0.25) is 0 Å². The molecule has 0 amide bonds. The number of ether oxygens (including phenoxy) is 1. The molecule has 0 bridgehead atoms. The summed E-state index contributed by atoms with van der Waals surface area (Å²) in [6.45, 7) is 16.5. The Morgan fingerprint density at radius 1 is 1.25 bits per heavy atom. The van der Waals surface area contributed by atoms with E-state index in [1.165, 1.54) is 0 Å². The van der Waals surface area contributed by atoms with Gasteiger partial charge in [-0.3, -0.25) is 0 Å². The second-order valence-corrected chi connectivity index (χ2v) is 7.91. The SMILES string of the molecule is CCOc1ccc(C(O)C(C)CN2CCNCC2)cc1C(C)(C)C. The molecule has 2 N–H and O–H groups in total. The molecule has 1 fully saturated rings. The highest BCUT2D eigenvalue weighted by Crippen LogP contribution is 2.35. The number of aliphatic hydroxyl groups is 1. The number of rotatable bonds is 6. The predicted octanol–water partition coefficient (Wildman–Crippen LogP) is 2.96. The summed E-state index contributed by atoms with van der Waals surface area (Å²) in [5.41, 5.74) is 2.14. The molecule has 1 aliphatic heterocycles. The minimum absolute atomic E-state index is 0.0119. The van der Waals surface area contributed by atoms with Crippen molar-refractivity contribution in [1.82, 2.24) is 10.2 Å². The number of nitrogens with zero attached hydrogens (tertiary/aromatic N) is 1. The van der Waals surface area contributed by atoms with Crippen molar-refractivity contribution in [2.75, 3.05) is 39.3 Å². The number of hydrogen-bond acceptors (Lipinski definition) is 4. The van der Waals surface area contributed by atoms with Crippen molar-refractivity contribution in [3.63, 3.8) is 0 Å². The third-order valence-electron chi connectivity index (χ3n) is 4.75. The summed E-state index contributed by atoms with van der Waals surface area (Å²) in [4.78, 5) is 2.43. The Labute approximate surface area is 147 Å². The van der Waals surface area contributed by atoms with E-state index in [-0.39, 0.29) is 11.3 Å². The molecule has 0 aromatic heterocycles. The van der Waals surface area contributed by atoms with Crippen LogP contribution in [0.5, 0.6) is 5.75 Å². The average molecular weight is 335 g/mol. The first kappa shape index (κ1) is 19.2. The van der Waals surface area contributed by atoms with Crippen molar-refractivity contribution in [1.29, 1.82) is 0 Å². The molecule has 136 valence electrons. The molecule has 2 rings (SSSR count). The summed E-state index contributed by atoms with van der Waals surface area (Å²) in [6.07, 6.45) is -0.448. The second-order valence-electron chi connectivity index (χ2n) is 7.91. The molecule has 0 spiro atoms. The number of nitrogens with one attached hydrogen (secondary N) is 1. The molecule has 0 radical (unpaired) electrons. The van der Waals surface area contributed by atoms with Crippen molar-refractivity contribution < 1.29 is 9.84 Å². The summed E-state index contributed by atoms with van der Waals surface area (Å²) < 4.78 is 5.78. The zero-order valence-corrected chi connectivity index (χ0v) is 15.9. The van der Waals surface area contributed by atoms with Crippen molar-refractivity contribution in [3.8, 4) is 5.75 Å². The Morgan fingerprint density at radius 3 is 2.50 bits per heavy atom. The van der Waals surface area contributed by atoms with E-state index >= 15 is 0 Å². The van der Waals surface area contributed by atoms with Crippen molar-refractivity contribution >= 4 is 0 Å². The second kappa shape index (κ2) is 8.32. The Morgan fingerprint density at radius 2 is 1.92 bits per heavy atom. The number of hydrogen-bond donors (Lipinski definition) is 2. The molecular weight excluding hydrogens is 300 g/mol. The Hall–Kier alpha value is -1.10. The normalized spacial score (nSPS) is 19.1. The van der Waals surface area contributed by atoms with Crippen LogP contribution in [0, 0.1) is 5.92 Å². The van der Waals surface area contributed by atoms with Gasteiger partial charge in [-0.1, -0.05) is 33.8 Å². The number of aliphatic hydroxyl groups excluding tert-OH is 1. The standard InChI is InChI=1S/C20H34N2O2/c1-6-24-18-8-7-16(13-17(18)20(3,4)5)19(23)15(2)14-22-11-9-21-10-12-22/h7-8,13,15,19,21,23H,6,9-12,14H2,1-5H3. The summed E-state index contributed by atoms with van der Waals surface area (Å²) in [5, 5.41) is 14.2. The highest BCUT2D eigenvalue weighted by atomic mass is 16.5. The lowest BCUT2D eigenvalue weighted by molar-refractivity contribution is 0.0840. The topological polar surface area (TPSA) is 44.7 Å². The van der Waals surface area contributed by atoms with Crippen LogP contribution in [0.4, 0.5) is 0 Å². The van der Waals surface area contributed by atoms with Crippen molar-refractivity contribution in [3.05, 3.63) is 29.3 Å². The van der Waals surface area contributed by atoms with E-state index in [0.29, 0.717) is 6.61 Å². The van der Waals surface area contributed by atoms with Gasteiger partial charge in [-0.25, -0.2) is 0 Å². The van der Waals surface area contributed by atoms with E-state index in [9.17, 15) is 5.11 Å². The first-order chi connectivity index (χ1) is 11.3. The molecular formula is C20H34N2O2. The van der Waals surface area contributed by atoms with Crippen molar-refractivity contribution in [2.24, 2.45) is 5.92 Å². The lowest BCUT2D eigenvalue weighted by atomic mass is 9.83. The van der Waals surface area contributed by atoms with Gasteiger partial charge in [0.15, 0.2) is 0 Å². The first-order valence-electron chi connectivity index (χ1n) is 9.21. The van der Waals surface area contributed by atoms with Gasteiger partial charge in [0.25, 0.3) is 0 Å². The number of benzene rings is 1. The maximum absolute atomic E-state index is 10.8. The Balaban J connectivity index is 2.14. The zero-order valence-electron chi connectivity index (χ0n) is 15.9. The number of piperazine rings is 1. The van der Waals surface area contributed by atoms with Crippen LogP contribution in [-0.4, -0.2) is 49.3 Å². The van der Waals surface area contributed by atoms with Gasteiger partial charge in [0.05, 0.1) is 12.7 Å². The third-order valence-corrected chi connectivity index (χ3v) is 4.75. The minimum Gasteiger partial charge on any atom is -0.494 e. The highest BCUT2D eigenvalue weighted by molar-refractivity contribution is 5.42. The summed E-state index contributed by atoms with van der Waals surface area (Å²) in [6, 6.07) is 6.16. The van der Waals surface area contributed by atoms with Crippen LogP contribution in [0.3, 0.4) is 0 Å². The molecule has 2 unspecified atom stereocenters. The quantitative estimate of drug-likeness (QED) is 0.839. The van der Waals surface area contributed by atoms with Gasteiger partial charge in [0.1, 0.15) is 5.75 Å². The van der Waals surface area contributed by atoms with E-state index < -0.39 is 6.10 Å². The zero-order chi connectivity index (χ0) is 17.7. The molecule has 1 aromatic rings. The average Bonchev–Trinajstić information content (AvgIpc) is 2.54. The monoisotopic (exact) mass is 334 g/mol. The fraction of sp³-hybridized carbons (Fsp3) is 0.700. The maximum Gasteiger partial charge on any atom is 0.123 e. The summed E-state index contributed by atoms with van der Waals surface area (Å²) >= 11 is 0. The van der Waals surface area contributed by atoms with E-state index in [1.54, 1.807) is 0 Å². The van der Waals surface area contributed by atoms with Crippen LogP contribution in [0.1, 0.15) is 51.8 Å². The molecule has 0 aliphatic carbocycles. The fourth-order valence-electron chi connectivity index (χ4n) is 3.33. The van der Waals surface area contributed by atoms with Crippen LogP contribution < -0.4 is 10.1 Å². The Kier molecular flexibility index (Phi) is 6.67. The van der Waals surface area contributed by atoms with Crippen LogP contribution in [0.2, 0.25) is 0 Å². The molecule has 2 atom stereocenters. The minimum atomic E-state index is -0.448. The largest absolute Gasteiger partial charge is 0.494 e. The highest BCUT2D eigenvalue weighted by Gasteiger charge is 2.24. The van der Waals surface area contributed by atoms with E-state index in [1.807, 2.05) is 19.1 Å². The van der Waals surface area contributed by atoms with Gasteiger partial charge >= 0.3 is 0 Å².